The molecule has 0 amide bonds. The maximum Gasteiger partial charge on any atom is 0.0650 e. The van der Waals surface area contributed by atoms with E-state index in [0.29, 0.717) is 0 Å². The molecule has 2 bridgehead atoms. The number of benzene rings is 1. The Morgan fingerprint density at radius 3 is 2.41 bits per heavy atom. The van der Waals surface area contributed by atoms with E-state index in [2.05, 4.69) is 30.3 Å². The lowest BCUT2D eigenvalue weighted by Crippen LogP contribution is -2.36. The van der Waals surface area contributed by atoms with Gasteiger partial charge in [0.2, 0.25) is 0 Å². The van der Waals surface area contributed by atoms with E-state index in [0.717, 1.165) is 23.7 Å². The van der Waals surface area contributed by atoms with Crippen LogP contribution in [0.5, 0.6) is 0 Å². The van der Waals surface area contributed by atoms with Gasteiger partial charge in [-0.05, 0) is 59.6 Å². The number of hydrogen-bond donors (Lipinski definition) is 1. The highest BCUT2D eigenvalue weighted by Crippen LogP contribution is 2.65. The van der Waals surface area contributed by atoms with E-state index >= 15 is 0 Å². The third kappa shape index (κ3) is 1.18. The molecule has 0 radical (unpaired) electrons. The average Bonchev–Trinajstić information content (AvgIpc) is 2.89. The van der Waals surface area contributed by atoms with E-state index in [1.807, 2.05) is 0 Å². The molecule has 1 nitrogen and oxygen atoms in total. The van der Waals surface area contributed by atoms with E-state index in [9.17, 15) is 5.11 Å². The molecule has 0 saturated heterocycles. The van der Waals surface area contributed by atoms with Crippen molar-refractivity contribution in [1.82, 2.24) is 0 Å². The van der Waals surface area contributed by atoms with Crippen molar-refractivity contribution in [3.8, 4) is 0 Å². The van der Waals surface area contributed by atoms with Crippen LogP contribution in [0.2, 0.25) is 0 Å². The Hall–Kier alpha value is -1.08. The topological polar surface area (TPSA) is 20.2 Å². The Morgan fingerprint density at radius 1 is 1.00 bits per heavy atom. The fraction of sp³-hybridized carbons (Fsp3) is 0.500. The average molecular weight is 226 g/mol. The Bertz CT molecular complexity index is 474. The summed E-state index contributed by atoms with van der Waals surface area (Å²) in [4.78, 5) is 0. The second-order valence-corrected chi connectivity index (χ2v) is 5.85. The van der Waals surface area contributed by atoms with Crippen LogP contribution in [-0.4, -0.2) is 11.7 Å². The van der Waals surface area contributed by atoms with Crippen LogP contribution in [0.4, 0.5) is 0 Å². The third-order valence-corrected chi connectivity index (χ3v) is 5.25. The van der Waals surface area contributed by atoms with Gasteiger partial charge < -0.3 is 5.11 Å². The fourth-order valence-corrected chi connectivity index (χ4v) is 4.69. The zero-order valence-electron chi connectivity index (χ0n) is 9.97. The highest BCUT2D eigenvalue weighted by molar-refractivity contribution is 5.78. The second-order valence-electron chi connectivity index (χ2n) is 5.85. The molecule has 1 heteroatoms. The lowest BCUT2D eigenvalue weighted by atomic mass is 9.60. The van der Waals surface area contributed by atoms with Gasteiger partial charge in [0.15, 0.2) is 0 Å². The zero-order valence-corrected chi connectivity index (χ0v) is 9.97. The summed E-state index contributed by atoms with van der Waals surface area (Å²) in [6, 6.07) is 10.7. The normalized spacial score (nSPS) is 38.2. The van der Waals surface area contributed by atoms with E-state index in [4.69, 9.17) is 0 Å². The van der Waals surface area contributed by atoms with Crippen molar-refractivity contribution in [3.63, 3.8) is 0 Å². The Labute approximate surface area is 102 Å². The van der Waals surface area contributed by atoms with Crippen LogP contribution in [0.15, 0.2) is 35.9 Å². The number of allylic oxidation sites excluding steroid dienone is 1. The third-order valence-electron chi connectivity index (χ3n) is 5.25. The summed E-state index contributed by atoms with van der Waals surface area (Å²) in [6.45, 7) is 0.272. The molecule has 0 aromatic heterocycles. The van der Waals surface area contributed by atoms with E-state index in [1.54, 1.807) is 0 Å². The maximum absolute atomic E-state index is 9.64. The van der Waals surface area contributed by atoms with Crippen LogP contribution in [0.3, 0.4) is 0 Å². The maximum atomic E-state index is 9.64. The van der Waals surface area contributed by atoms with Crippen molar-refractivity contribution in [2.75, 3.05) is 6.61 Å². The van der Waals surface area contributed by atoms with Gasteiger partial charge in [-0.2, -0.15) is 0 Å². The minimum Gasteiger partial charge on any atom is -0.392 e. The first kappa shape index (κ1) is 9.90. The van der Waals surface area contributed by atoms with Crippen molar-refractivity contribution < 1.29 is 5.11 Å². The monoisotopic (exact) mass is 226 g/mol. The highest BCUT2D eigenvalue weighted by atomic mass is 16.3. The minimum atomic E-state index is 0.272. The first-order chi connectivity index (χ1) is 8.40. The van der Waals surface area contributed by atoms with E-state index in [1.165, 1.54) is 36.0 Å². The van der Waals surface area contributed by atoms with Crippen molar-refractivity contribution in [2.45, 2.75) is 19.3 Å². The Kier molecular flexibility index (Phi) is 2.01. The fourth-order valence-electron chi connectivity index (χ4n) is 4.69. The number of aliphatic hydroxyl groups is 1. The molecule has 0 spiro atoms. The van der Waals surface area contributed by atoms with Crippen LogP contribution in [0.1, 0.15) is 24.8 Å². The second kappa shape index (κ2) is 3.46. The SMILES string of the molecule is OCC1=C(c2ccccc2)[C@H]2[C@@H]3CC[C@@H](C3)[C@@H]12. The molecule has 17 heavy (non-hydrogen) atoms. The molecule has 3 aliphatic carbocycles. The summed E-state index contributed by atoms with van der Waals surface area (Å²) >= 11 is 0. The van der Waals surface area contributed by atoms with Crippen LogP contribution >= 0.6 is 0 Å². The highest BCUT2D eigenvalue weighted by Gasteiger charge is 2.56. The molecule has 1 N–H and O–H groups in total. The molecule has 0 unspecified atom stereocenters. The summed E-state index contributed by atoms with van der Waals surface area (Å²) in [5.74, 6) is 3.31. The molecular weight excluding hydrogens is 208 g/mol. The van der Waals surface area contributed by atoms with Crippen molar-refractivity contribution >= 4 is 5.57 Å². The van der Waals surface area contributed by atoms with E-state index < -0.39 is 0 Å². The molecule has 4 atom stereocenters. The van der Waals surface area contributed by atoms with Gasteiger partial charge in [-0.25, -0.2) is 0 Å². The molecule has 2 saturated carbocycles. The van der Waals surface area contributed by atoms with Gasteiger partial charge in [0.1, 0.15) is 0 Å². The number of hydrogen-bond acceptors (Lipinski definition) is 1. The summed E-state index contributed by atoms with van der Waals surface area (Å²) in [7, 11) is 0. The van der Waals surface area contributed by atoms with Gasteiger partial charge >= 0.3 is 0 Å². The predicted octanol–water partition coefficient (Wildman–Crippen LogP) is 3.11. The van der Waals surface area contributed by atoms with Gasteiger partial charge in [-0.3, -0.25) is 0 Å². The van der Waals surface area contributed by atoms with Gasteiger partial charge in [0.05, 0.1) is 6.61 Å². The van der Waals surface area contributed by atoms with Crippen LogP contribution in [0.25, 0.3) is 5.57 Å². The summed E-state index contributed by atoms with van der Waals surface area (Å²) in [5, 5.41) is 9.64. The Morgan fingerprint density at radius 2 is 1.71 bits per heavy atom. The molecule has 0 heterocycles. The number of rotatable bonds is 2. The van der Waals surface area contributed by atoms with Gasteiger partial charge in [-0.15, -0.1) is 0 Å². The van der Waals surface area contributed by atoms with Crippen molar-refractivity contribution in [1.29, 1.82) is 0 Å². The smallest absolute Gasteiger partial charge is 0.0650 e. The van der Waals surface area contributed by atoms with Crippen molar-refractivity contribution in [3.05, 3.63) is 41.5 Å². The van der Waals surface area contributed by atoms with Gasteiger partial charge in [0, 0.05) is 0 Å². The summed E-state index contributed by atoms with van der Waals surface area (Å²) < 4.78 is 0. The van der Waals surface area contributed by atoms with Crippen molar-refractivity contribution in [2.24, 2.45) is 23.7 Å². The van der Waals surface area contributed by atoms with Gasteiger partial charge in [0.25, 0.3) is 0 Å². The van der Waals surface area contributed by atoms with Gasteiger partial charge in [-0.1, -0.05) is 30.3 Å². The summed E-state index contributed by atoms with van der Waals surface area (Å²) in [6.07, 6.45) is 4.23. The number of fused-ring (bicyclic) bond motifs is 5. The largest absolute Gasteiger partial charge is 0.392 e. The molecule has 88 valence electrons. The molecular formula is C16H18O. The lowest BCUT2D eigenvalue weighted by Gasteiger charge is -2.45. The minimum absolute atomic E-state index is 0.272. The molecule has 4 rings (SSSR count). The number of aliphatic hydroxyl groups excluding tert-OH is 1. The van der Waals surface area contributed by atoms with Crippen LogP contribution in [-0.2, 0) is 0 Å². The Balaban J connectivity index is 1.79. The van der Waals surface area contributed by atoms with Crippen LogP contribution < -0.4 is 0 Å². The molecule has 1 aromatic carbocycles. The first-order valence-electron chi connectivity index (χ1n) is 6.79. The molecule has 1 aromatic rings. The van der Waals surface area contributed by atoms with E-state index in [-0.39, 0.29) is 6.61 Å². The molecule has 0 aliphatic heterocycles. The van der Waals surface area contributed by atoms with Crippen LogP contribution in [0, 0.1) is 23.7 Å². The zero-order chi connectivity index (χ0) is 11.4. The molecule has 2 fully saturated rings. The lowest BCUT2D eigenvalue weighted by molar-refractivity contribution is 0.229. The first-order valence-corrected chi connectivity index (χ1v) is 6.79. The molecule has 3 aliphatic rings. The predicted molar refractivity (Wildman–Crippen MR) is 68.3 cm³/mol. The quantitative estimate of drug-likeness (QED) is 0.821. The summed E-state index contributed by atoms with van der Waals surface area (Å²) in [5.41, 5.74) is 4.20. The standard InChI is InChI=1S/C16H18O/c17-9-13-14(10-4-2-1-3-5-10)16-12-7-6-11(8-12)15(13)16/h1-5,11-12,15-17H,6-9H2/t11-,12+,15-,16+/m0/s1.